The summed E-state index contributed by atoms with van der Waals surface area (Å²) >= 11 is 0. The van der Waals surface area contributed by atoms with Crippen molar-refractivity contribution < 1.29 is 0 Å². The van der Waals surface area contributed by atoms with Crippen molar-refractivity contribution in [2.45, 2.75) is 121 Å². The monoisotopic (exact) mass is 300 g/mol. The lowest BCUT2D eigenvalue weighted by Crippen LogP contribution is -1.93. The molecule has 0 aromatic rings. The summed E-state index contributed by atoms with van der Waals surface area (Å²) in [5.74, 6) is 2.16. The van der Waals surface area contributed by atoms with Gasteiger partial charge in [-0.25, -0.2) is 0 Å². The van der Waals surface area contributed by atoms with Gasteiger partial charge < -0.3 is 0 Å². The summed E-state index contributed by atoms with van der Waals surface area (Å²) in [7, 11) is 0. The fraction of sp³-hybridized carbons (Fsp3) is 1.00. The van der Waals surface area contributed by atoms with Gasteiger partial charge in [-0.2, -0.15) is 0 Å². The summed E-state index contributed by atoms with van der Waals surface area (Å²) in [5, 5.41) is 0. The van der Waals surface area contributed by atoms with E-state index < -0.39 is 0 Å². The molecule has 0 heterocycles. The number of hydrogen-bond donors (Lipinski definition) is 0. The highest BCUT2D eigenvalue weighted by molar-refractivity contribution is 4.73. The SMILES string of the molecule is CC.CC(C)(C)C.CCC1CCC(CC)C1.CCCCC. The summed E-state index contributed by atoms with van der Waals surface area (Å²) in [6.07, 6.45) is 11.4. The highest BCUT2D eigenvalue weighted by atomic mass is 14.3. The molecule has 2 atom stereocenters. The molecule has 0 aliphatic heterocycles. The van der Waals surface area contributed by atoms with Crippen LogP contribution in [0.2, 0.25) is 0 Å². The number of unbranched alkanes of at least 4 members (excludes halogenated alkanes) is 2. The third-order valence-corrected chi connectivity index (χ3v) is 3.51. The van der Waals surface area contributed by atoms with Crippen LogP contribution in [0.25, 0.3) is 0 Å². The standard InChI is InChI=1S/C9H18.2C5H12.C2H6/c1-3-8-5-6-9(4-2)7-8;1-5(2,3)4;1-3-5-4-2;1-2/h8-9H,3-7H2,1-2H3;1-4H3;3-5H2,1-2H3;1-2H3. The molecule has 1 aliphatic rings. The molecule has 0 heteroatoms. The zero-order valence-corrected chi connectivity index (χ0v) is 17.3. The maximum absolute atomic E-state index is 2.32. The van der Waals surface area contributed by atoms with Crippen LogP contribution in [0.1, 0.15) is 121 Å². The van der Waals surface area contributed by atoms with Gasteiger partial charge in [0.05, 0.1) is 0 Å². The molecular formula is C21H48. The van der Waals surface area contributed by atoms with Crippen LogP contribution in [0.4, 0.5) is 0 Å². The summed E-state index contributed by atoms with van der Waals surface area (Å²) in [6.45, 7) is 21.8. The number of rotatable bonds is 4. The summed E-state index contributed by atoms with van der Waals surface area (Å²) in [5.41, 5.74) is 0.500. The molecule has 0 bridgehead atoms. The fourth-order valence-electron chi connectivity index (χ4n) is 2.27. The fourth-order valence-corrected chi connectivity index (χ4v) is 2.27. The van der Waals surface area contributed by atoms with E-state index in [9.17, 15) is 0 Å². The molecule has 1 saturated carbocycles. The van der Waals surface area contributed by atoms with Gasteiger partial charge in [-0.1, -0.05) is 114 Å². The van der Waals surface area contributed by atoms with Crippen LogP contribution in [-0.2, 0) is 0 Å². The van der Waals surface area contributed by atoms with Crippen LogP contribution in [0.3, 0.4) is 0 Å². The lowest BCUT2D eigenvalue weighted by molar-refractivity contribution is 0.469. The Hall–Kier alpha value is 0. The second-order valence-electron chi connectivity index (χ2n) is 7.72. The predicted molar refractivity (Wildman–Crippen MR) is 103 cm³/mol. The first-order valence-electron chi connectivity index (χ1n) is 9.78. The van der Waals surface area contributed by atoms with Gasteiger partial charge in [0.1, 0.15) is 0 Å². The molecule has 0 N–H and O–H groups in total. The van der Waals surface area contributed by atoms with Gasteiger partial charge in [0, 0.05) is 0 Å². The van der Waals surface area contributed by atoms with Crippen molar-refractivity contribution in [3.63, 3.8) is 0 Å². The van der Waals surface area contributed by atoms with Gasteiger partial charge in [0.15, 0.2) is 0 Å². The zero-order chi connectivity index (χ0) is 17.3. The minimum atomic E-state index is 0.500. The normalized spacial score (nSPS) is 20.3. The van der Waals surface area contributed by atoms with Crippen LogP contribution < -0.4 is 0 Å². The predicted octanol–water partition coefficient (Wildman–Crippen LogP) is 8.50. The van der Waals surface area contributed by atoms with E-state index in [1.165, 1.54) is 51.4 Å². The Kier molecular flexibility index (Phi) is 22.3. The summed E-state index contributed by atoms with van der Waals surface area (Å²) < 4.78 is 0. The molecule has 0 spiro atoms. The molecule has 0 amide bonds. The summed E-state index contributed by atoms with van der Waals surface area (Å²) in [4.78, 5) is 0. The first-order chi connectivity index (χ1) is 9.78. The lowest BCUT2D eigenvalue weighted by atomic mass is 10.0. The Morgan fingerprint density at radius 1 is 0.714 bits per heavy atom. The Morgan fingerprint density at radius 2 is 1.00 bits per heavy atom. The minimum absolute atomic E-state index is 0.500. The zero-order valence-electron chi connectivity index (χ0n) is 17.3. The molecule has 0 aromatic carbocycles. The Balaban J connectivity index is -0.000000234. The average Bonchev–Trinajstić information content (AvgIpc) is 2.89. The van der Waals surface area contributed by atoms with Crippen molar-refractivity contribution >= 4 is 0 Å². The van der Waals surface area contributed by atoms with Crippen molar-refractivity contribution in [1.82, 2.24) is 0 Å². The largest absolute Gasteiger partial charge is 0.0683 e. The van der Waals surface area contributed by atoms with Crippen LogP contribution in [0.15, 0.2) is 0 Å². The van der Waals surface area contributed by atoms with Gasteiger partial charge in [-0.15, -0.1) is 0 Å². The van der Waals surface area contributed by atoms with Crippen molar-refractivity contribution in [3.8, 4) is 0 Å². The van der Waals surface area contributed by atoms with Gasteiger partial charge in [0.25, 0.3) is 0 Å². The minimum Gasteiger partial charge on any atom is -0.0683 e. The van der Waals surface area contributed by atoms with Crippen molar-refractivity contribution in [2.75, 3.05) is 0 Å². The van der Waals surface area contributed by atoms with Gasteiger partial charge >= 0.3 is 0 Å². The molecule has 0 nitrogen and oxygen atoms in total. The van der Waals surface area contributed by atoms with E-state index in [2.05, 4.69) is 55.4 Å². The molecule has 21 heavy (non-hydrogen) atoms. The van der Waals surface area contributed by atoms with E-state index in [0.29, 0.717) is 5.41 Å². The van der Waals surface area contributed by atoms with Crippen LogP contribution in [-0.4, -0.2) is 0 Å². The molecular weight excluding hydrogens is 252 g/mol. The van der Waals surface area contributed by atoms with Gasteiger partial charge in [-0.3, -0.25) is 0 Å². The third kappa shape index (κ3) is 28.8. The van der Waals surface area contributed by atoms with Gasteiger partial charge in [0.2, 0.25) is 0 Å². The van der Waals surface area contributed by atoms with Crippen molar-refractivity contribution in [1.29, 1.82) is 0 Å². The van der Waals surface area contributed by atoms with Crippen LogP contribution in [0.5, 0.6) is 0 Å². The van der Waals surface area contributed by atoms with Crippen LogP contribution >= 0.6 is 0 Å². The molecule has 1 aliphatic carbocycles. The van der Waals surface area contributed by atoms with E-state index in [1.807, 2.05) is 13.8 Å². The Labute approximate surface area is 138 Å². The van der Waals surface area contributed by atoms with E-state index in [0.717, 1.165) is 11.8 Å². The second-order valence-corrected chi connectivity index (χ2v) is 7.72. The highest BCUT2D eigenvalue weighted by Gasteiger charge is 2.20. The first kappa shape index (κ1) is 25.9. The third-order valence-electron chi connectivity index (χ3n) is 3.51. The maximum atomic E-state index is 2.32. The lowest BCUT2D eigenvalue weighted by Gasteiger charge is -2.05. The van der Waals surface area contributed by atoms with Crippen molar-refractivity contribution in [2.24, 2.45) is 17.3 Å². The van der Waals surface area contributed by atoms with E-state index in [4.69, 9.17) is 0 Å². The molecule has 0 saturated heterocycles. The topological polar surface area (TPSA) is 0 Å². The smallest absolute Gasteiger partial charge is 0.0411 e. The Morgan fingerprint density at radius 3 is 1.10 bits per heavy atom. The van der Waals surface area contributed by atoms with E-state index in [1.54, 1.807) is 0 Å². The quantitative estimate of drug-likeness (QED) is 0.488. The average molecular weight is 301 g/mol. The second kappa shape index (κ2) is 18.1. The molecule has 132 valence electrons. The van der Waals surface area contributed by atoms with Gasteiger partial charge in [-0.05, 0) is 23.7 Å². The van der Waals surface area contributed by atoms with E-state index >= 15 is 0 Å². The molecule has 1 fully saturated rings. The summed E-state index contributed by atoms with van der Waals surface area (Å²) in [6, 6.07) is 0. The molecule has 1 rings (SSSR count). The van der Waals surface area contributed by atoms with E-state index in [-0.39, 0.29) is 0 Å². The van der Waals surface area contributed by atoms with Crippen LogP contribution in [0, 0.1) is 17.3 Å². The van der Waals surface area contributed by atoms with Crippen molar-refractivity contribution in [3.05, 3.63) is 0 Å². The molecule has 0 aromatic heterocycles. The molecule has 0 radical (unpaired) electrons. The molecule has 2 unspecified atom stereocenters. The maximum Gasteiger partial charge on any atom is -0.0411 e. The number of hydrogen-bond acceptors (Lipinski definition) is 0. The highest BCUT2D eigenvalue weighted by Crippen LogP contribution is 2.34. The Bertz CT molecular complexity index is 145. The first-order valence-corrected chi connectivity index (χ1v) is 9.78.